The van der Waals surface area contributed by atoms with Gasteiger partial charge in [-0.3, -0.25) is 0 Å². The van der Waals surface area contributed by atoms with Crippen molar-refractivity contribution in [2.75, 3.05) is 18.0 Å². The number of nitriles is 1. The fraction of sp³-hybridized carbons (Fsp3) is 0.500. The third kappa shape index (κ3) is 3.14. The van der Waals surface area contributed by atoms with Gasteiger partial charge in [-0.05, 0) is 43.4 Å². The Balaban J connectivity index is 2.18. The number of hydrogen-bond acceptors (Lipinski definition) is 2. The SMILES string of the molecule is CCCN(CC1CC1)c1ccc(C#N)cc1Cl. The average molecular weight is 249 g/mol. The highest BCUT2D eigenvalue weighted by Gasteiger charge is 2.24. The Hall–Kier alpha value is -1.20. The molecule has 3 heteroatoms. The summed E-state index contributed by atoms with van der Waals surface area (Å²) in [7, 11) is 0. The summed E-state index contributed by atoms with van der Waals surface area (Å²) in [5, 5.41) is 9.52. The largest absolute Gasteiger partial charge is 0.370 e. The number of hydrogen-bond donors (Lipinski definition) is 0. The van der Waals surface area contributed by atoms with Gasteiger partial charge >= 0.3 is 0 Å². The summed E-state index contributed by atoms with van der Waals surface area (Å²) in [6.07, 6.45) is 3.80. The standard InChI is InChI=1S/C14H17ClN2/c1-2-7-17(10-11-3-4-11)14-6-5-12(9-16)8-13(14)15/h5-6,8,11H,2-4,7,10H2,1H3. The van der Waals surface area contributed by atoms with E-state index in [0.717, 1.165) is 31.1 Å². The van der Waals surface area contributed by atoms with Crippen LogP contribution >= 0.6 is 11.6 Å². The Bertz CT molecular complexity index is 432. The van der Waals surface area contributed by atoms with Gasteiger partial charge in [-0.1, -0.05) is 18.5 Å². The second-order valence-corrected chi connectivity index (χ2v) is 5.07. The second-order valence-electron chi connectivity index (χ2n) is 4.67. The lowest BCUT2D eigenvalue weighted by molar-refractivity contribution is 0.708. The van der Waals surface area contributed by atoms with Crippen molar-refractivity contribution in [1.82, 2.24) is 0 Å². The van der Waals surface area contributed by atoms with E-state index in [1.807, 2.05) is 12.1 Å². The summed E-state index contributed by atoms with van der Waals surface area (Å²) in [5.41, 5.74) is 1.70. The Morgan fingerprint density at radius 2 is 2.24 bits per heavy atom. The minimum Gasteiger partial charge on any atom is -0.370 e. The molecule has 90 valence electrons. The molecule has 1 aromatic rings. The summed E-state index contributed by atoms with van der Waals surface area (Å²) in [6.45, 7) is 4.30. The van der Waals surface area contributed by atoms with Crippen molar-refractivity contribution in [2.24, 2.45) is 5.92 Å². The molecule has 1 aliphatic carbocycles. The number of halogens is 1. The van der Waals surface area contributed by atoms with Crippen LogP contribution in [0, 0.1) is 17.2 Å². The lowest BCUT2D eigenvalue weighted by Gasteiger charge is -2.25. The number of benzene rings is 1. The monoisotopic (exact) mass is 248 g/mol. The molecule has 0 aromatic heterocycles. The first-order chi connectivity index (χ1) is 8.24. The Kier molecular flexibility index (Phi) is 3.91. The quantitative estimate of drug-likeness (QED) is 0.792. The zero-order valence-electron chi connectivity index (χ0n) is 10.1. The average Bonchev–Trinajstić information content (AvgIpc) is 3.12. The van der Waals surface area contributed by atoms with Crippen molar-refractivity contribution in [3.05, 3.63) is 28.8 Å². The van der Waals surface area contributed by atoms with Gasteiger partial charge in [0.15, 0.2) is 0 Å². The zero-order chi connectivity index (χ0) is 12.3. The fourth-order valence-electron chi connectivity index (χ4n) is 2.03. The summed E-state index contributed by atoms with van der Waals surface area (Å²) in [4.78, 5) is 2.35. The van der Waals surface area contributed by atoms with Crippen molar-refractivity contribution >= 4 is 17.3 Å². The molecule has 0 unspecified atom stereocenters. The van der Waals surface area contributed by atoms with Crippen molar-refractivity contribution < 1.29 is 0 Å². The van der Waals surface area contributed by atoms with Crippen molar-refractivity contribution in [3.63, 3.8) is 0 Å². The third-order valence-corrected chi connectivity index (χ3v) is 3.39. The minimum absolute atomic E-state index is 0.627. The van der Waals surface area contributed by atoms with Crippen LogP contribution in [-0.2, 0) is 0 Å². The lowest BCUT2D eigenvalue weighted by atomic mass is 10.2. The van der Waals surface area contributed by atoms with Crippen molar-refractivity contribution in [2.45, 2.75) is 26.2 Å². The predicted molar refractivity (Wildman–Crippen MR) is 71.4 cm³/mol. The number of nitrogens with zero attached hydrogens (tertiary/aromatic N) is 2. The molecule has 0 heterocycles. The van der Waals surface area contributed by atoms with Crippen LogP contribution in [0.1, 0.15) is 31.7 Å². The number of rotatable bonds is 5. The normalized spacial score (nSPS) is 14.4. The molecular weight excluding hydrogens is 232 g/mol. The van der Waals surface area contributed by atoms with E-state index >= 15 is 0 Å². The molecule has 0 atom stereocenters. The van der Waals surface area contributed by atoms with E-state index in [0.29, 0.717) is 10.6 Å². The first-order valence-electron chi connectivity index (χ1n) is 6.19. The molecule has 17 heavy (non-hydrogen) atoms. The summed E-state index contributed by atoms with van der Waals surface area (Å²) >= 11 is 6.25. The number of anilines is 1. The first kappa shape index (κ1) is 12.3. The highest BCUT2D eigenvalue weighted by Crippen LogP contribution is 2.34. The maximum atomic E-state index is 8.83. The van der Waals surface area contributed by atoms with E-state index < -0.39 is 0 Å². The molecule has 0 radical (unpaired) electrons. The van der Waals surface area contributed by atoms with Crippen LogP contribution < -0.4 is 4.90 Å². The first-order valence-corrected chi connectivity index (χ1v) is 6.57. The Labute approximate surface area is 108 Å². The predicted octanol–water partition coefficient (Wildman–Crippen LogP) is 3.84. The molecule has 0 N–H and O–H groups in total. The second kappa shape index (κ2) is 5.42. The molecule has 1 fully saturated rings. The van der Waals surface area contributed by atoms with Gasteiger partial charge in [0.1, 0.15) is 0 Å². The molecule has 1 aliphatic rings. The van der Waals surface area contributed by atoms with E-state index in [1.54, 1.807) is 6.07 Å². The minimum atomic E-state index is 0.627. The molecule has 0 aliphatic heterocycles. The molecule has 1 aromatic carbocycles. The van der Waals surface area contributed by atoms with Gasteiger partial charge in [0.05, 0.1) is 22.3 Å². The smallest absolute Gasteiger partial charge is 0.0992 e. The molecule has 0 spiro atoms. The van der Waals surface area contributed by atoms with Gasteiger partial charge in [0.2, 0.25) is 0 Å². The molecule has 1 saturated carbocycles. The van der Waals surface area contributed by atoms with Crippen LogP contribution in [0.5, 0.6) is 0 Å². The summed E-state index contributed by atoms with van der Waals surface area (Å²) < 4.78 is 0. The van der Waals surface area contributed by atoms with Gasteiger partial charge in [0, 0.05) is 13.1 Å². The van der Waals surface area contributed by atoms with Gasteiger partial charge in [-0.15, -0.1) is 0 Å². The van der Waals surface area contributed by atoms with Crippen LogP contribution in [0.2, 0.25) is 5.02 Å². The molecule has 0 bridgehead atoms. The van der Waals surface area contributed by atoms with Crippen LogP contribution in [0.3, 0.4) is 0 Å². The molecule has 0 amide bonds. The van der Waals surface area contributed by atoms with Gasteiger partial charge in [-0.2, -0.15) is 5.26 Å². The fourth-order valence-corrected chi connectivity index (χ4v) is 2.33. The van der Waals surface area contributed by atoms with E-state index in [9.17, 15) is 0 Å². The third-order valence-electron chi connectivity index (χ3n) is 3.09. The maximum Gasteiger partial charge on any atom is 0.0992 e. The highest BCUT2D eigenvalue weighted by atomic mass is 35.5. The Morgan fingerprint density at radius 1 is 1.47 bits per heavy atom. The molecule has 2 nitrogen and oxygen atoms in total. The topological polar surface area (TPSA) is 27.0 Å². The molecular formula is C14H17ClN2. The zero-order valence-corrected chi connectivity index (χ0v) is 10.9. The van der Waals surface area contributed by atoms with E-state index in [-0.39, 0.29) is 0 Å². The van der Waals surface area contributed by atoms with Crippen molar-refractivity contribution in [3.8, 4) is 6.07 Å². The molecule has 0 saturated heterocycles. The van der Waals surface area contributed by atoms with Gasteiger partial charge in [-0.25, -0.2) is 0 Å². The van der Waals surface area contributed by atoms with Gasteiger partial charge < -0.3 is 4.90 Å². The van der Waals surface area contributed by atoms with Crippen LogP contribution in [0.15, 0.2) is 18.2 Å². The lowest BCUT2D eigenvalue weighted by Crippen LogP contribution is -2.26. The van der Waals surface area contributed by atoms with E-state index in [4.69, 9.17) is 16.9 Å². The highest BCUT2D eigenvalue weighted by molar-refractivity contribution is 6.33. The van der Waals surface area contributed by atoms with Gasteiger partial charge in [0.25, 0.3) is 0 Å². The van der Waals surface area contributed by atoms with E-state index in [1.165, 1.54) is 12.8 Å². The maximum absolute atomic E-state index is 8.83. The van der Waals surface area contributed by atoms with Crippen LogP contribution in [0.4, 0.5) is 5.69 Å². The summed E-state index contributed by atoms with van der Waals surface area (Å²) in [5.74, 6) is 0.841. The molecule has 2 rings (SSSR count). The van der Waals surface area contributed by atoms with Crippen LogP contribution in [0.25, 0.3) is 0 Å². The summed E-state index contributed by atoms with van der Waals surface area (Å²) in [6, 6.07) is 7.69. The Morgan fingerprint density at radius 3 is 2.76 bits per heavy atom. The van der Waals surface area contributed by atoms with Crippen molar-refractivity contribution in [1.29, 1.82) is 5.26 Å². The van der Waals surface area contributed by atoms with E-state index in [2.05, 4.69) is 17.9 Å². The van der Waals surface area contributed by atoms with Crippen LogP contribution in [-0.4, -0.2) is 13.1 Å².